The Balaban J connectivity index is 1.93. The molecule has 0 aliphatic rings. The molecule has 0 bridgehead atoms. The number of hydrogen-bond donors (Lipinski definition) is 3. The molecule has 0 spiro atoms. The number of para-hydroxylation sites is 1. The highest BCUT2D eigenvalue weighted by atomic mass is 16.5. The first-order valence-corrected chi connectivity index (χ1v) is 7.68. The molecular weight excluding hydrogens is 317 g/mol. The van der Waals surface area contributed by atoms with E-state index in [2.05, 4.69) is 16.4 Å². The standard InChI is InChI=1S/C18H16BN3O3/c1-25-16-4-2-3-15-17(13(9-20)11-22-18(15)16)21-10-12-5-7-14(8-6-12)19(23)24/h2-8,11,23-24H,10H2,1H3,(H,21,22). The van der Waals surface area contributed by atoms with Crippen molar-refractivity contribution in [3.8, 4) is 11.8 Å². The van der Waals surface area contributed by atoms with Crippen LogP contribution in [0.5, 0.6) is 5.75 Å². The Bertz CT molecular complexity index is 937. The molecule has 6 nitrogen and oxygen atoms in total. The molecule has 0 saturated carbocycles. The minimum atomic E-state index is -1.48. The maximum absolute atomic E-state index is 9.38. The number of aromatic nitrogens is 1. The van der Waals surface area contributed by atoms with Crippen LogP contribution in [0.15, 0.2) is 48.7 Å². The number of fused-ring (bicyclic) bond motifs is 1. The third kappa shape index (κ3) is 3.40. The molecule has 7 heteroatoms. The van der Waals surface area contributed by atoms with Crippen LogP contribution in [0.2, 0.25) is 0 Å². The lowest BCUT2D eigenvalue weighted by molar-refractivity contribution is 0.419. The fraction of sp³-hybridized carbons (Fsp3) is 0.111. The molecule has 2 aromatic carbocycles. The van der Waals surface area contributed by atoms with Gasteiger partial charge < -0.3 is 20.1 Å². The summed E-state index contributed by atoms with van der Waals surface area (Å²) in [7, 11) is 0.0997. The Hall–Kier alpha value is -3.08. The summed E-state index contributed by atoms with van der Waals surface area (Å²) >= 11 is 0. The van der Waals surface area contributed by atoms with Crippen molar-refractivity contribution in [3.63, 3.8) is 0 Å². The van der Waals surface area contributed by atoms with Gasteiger partial charge in [0, 0.05) is 18.1 Å². The SMILES string of the molecule is COc1cccc2c(NCc3ccc(B(O)O)cc3)c(C#N)cnc12. The molecule has 0 aliphatic heterocycles. The van der Waals surface area contributed by atoms with Crippen molar-refractivity contribution in [2.45, 2.75) is 6.54 Å². The van der Waals surface area contributed by atoms with Gasteiger partial charge in [0.05, 0.1) is 18.4 Å². The maximum Gasteiger partial charge on any atom is 0.488 e. The zero-order valence-electron chi connectivity index (χ0n) is 13.6. The molecule has 0 amide bonds. The summed E-state index contributed by atoms with van der Waals surface area (Å²) in [6.45, 7) is 0.479. The molecule has 1 heterocycles. The molecule has 25 heavy (non-hydrogen) atoms. The van der Waals surface area contributed by atoms with Gasteiger partial charge in [0.1, 0.15) is 17.3 Å². The molecular formula is C18H16BN3O3. The second-order valence-electron chi connectivity index (χ2n) is 5.48. The van der Waals surface area contributed by atoms with E-state index in [1.165, 1.54) is 6.20 Å². The highest BCUT2D eigenvalue weighted by Gasteiger charge is 2.13. The van der Waals surface area contributed by atoms with Crippen molar-refractivity contribution in [2.24, 2.45) is 0 Å². The Kier molecular flexibility index (Phi) is 4.84. The van der Waals surface area contributed by atoms with Crippen molar-refractivity contribution in [3.05, 3.63) is 59.8 Å². The molecule has 0 unspecified atom stereocenters. The number of nitriles is 1. The molecule has 0 atom stereocenters. The predicted molar refractivity (Wildman–Crippen MR) is 96.6 cm³/mol. The number of pyridine rings is 1. The molecule has 3 aromatic rings. The second-order valence-corrected chi connectivity index (χ2v) is 5.48. The van der Waals surface area contributed by atoms with Crippen LogP contribution in [-0.2, 0) is 6.54 Å². The van der Waals surface area contributed by atoms with Gasteiger partial charge in [-0.3, -0.25) is 4.98 Å². The average molecular weight is 333 g/mol. The van der Waals surface area contributed by atoms with Crippen molar-refractivity contribution in [1.82, 2.24) is 4.98 Å². The third-order valence-corrected chi connectivity index (χ3v) is 3.95. The first kappa shape index (κ1) is 16.8. The van der Waals surface area contributed by atoms with Gasteiger partial charge >= 0.3 is 7.12 Å². The fourth-order valence-corrected chi connectivity index (χ4v) is 2.63. The zero-order chi connectivity index (χ0) is 17.8. The van der Waals surface area contributed by atoms with E-state index in [-0.39, 0.29) is 0 Å². The van der Waals surface area contributed by atoms with Crippen LogP contribution in [0.4, 0.5) is 5.69 Å². The van der Waals surface area contributed by atoms with E-state index in [1.54, 1.807) is 31.4 Å². The predicted octanol–water partition coefficient (Wildman–Crippen LogP) is 1.41. The van der Waals surface area contributed by atoms with Crippen LogP contribution in [0.25, 0.3) is 10.9 Å². The van der Waals surface area contributed by atoms with Gasteiger partial charge in [-0.25, -0.2) is 0 Å². The Morgan fingerprint density at radius 2 is 1.96 bits per heavy atom. The normalized spacial score (nSPS) is 10.3. The number of anilines is 1. The van der Waals surface area contributed by atoms with Gasteiger partial charge in [0.25, 0.3) is 0 Å². The van der Waals surface area contributed by atoms with Crippen LogP contribution >= 0.6 is 0 Å². The average Bonchev–Trinajstić information content (AvgIpc) is 2.65. The summed E-state index contributed by atoms with van der Waals surface area (Å²) in [4.78, 5) is 4.33. The topological polar surface area (TPSA) is 98.4 Å². The molecule has 0 fully saturated rings. The van der Waals surface area contributed by atoms with E-state index in [0.29, 0.717) is 34.5 Å². The fourth-order valence-electron chi connectivity index (χ4n) is 2.63. The molecule has 3 rings (SSSR count). The monoisotopic (exact) mass is 333 g/mol. The minimum Gasteiger partial charge on any atom is -0.494 e. The summed E-state index contributed by atoms with van der Waals surface area (Å²) in [5.41, 5.74) is 3.20. The van der Waals surface area contributed by atoms with Gasteiger partial charge in [-0.05, 0) is 17.1 Å². The largest absolute Gasteiger partial charge is 0.494 e. The summed E-state index contributed by atoms with van der Waals surface area (Å²) in [6.07, 6.45) is 1.53. The summed E-state index contributed by atoms with van der Waals surface area (Å²) in [5, 5.41) is 31.8. The summed E-state index contributed by atoms with van der Waals surface area (Å²) in [5.74, 6) is 0.645. The second kappa shape index (κ2) is 7.22. The van der Waals surface area contributed by atoms with E-state index < -0.39 is 7.12 Å². The van der Waals surface area contributed by atoms with Gasteiger partial charge in [0.15, 0.2) is 0 Å². The van der Waals surface area contributed by atoms with Crippen LogP contribution < -0.4 is 15.5 Å². The molecule has 1 aromatic heterocycles. The van der Waals surface area contributed by atoms with Crippen molar-refractivity contribution in [1.29, 1.82) is 5.26 Å². The molecule has 3 N–H and O–H groups in total. The number of nitrogens with one attached hydrogen (secondary N) is 1. The molecule has 0 saturated heterocycles. The van der Waals surface area contributed by atoms with Crippen LogP contribution in [-0.4, -0.2) is 29.3 Å². The van der Waals surface area contributed by atoms with Gasteiger partial charge in [-0.1, -0.05) is 36.4 Å². The molecule has 0 radical (unpaired) electrons. The van der Waals surface area contributed by atoms with E-state index in [4.69, 9.17) is 14.8 Å². The van der Waals surface area contributed by atoms with E-state index in [1.807, 2.05) is 18.2 Å². The number of ether oxygens (including phenoxy) is 1. The lowest BCUT2D eigenvalue weighted by atomic mass is 9.80. The number of methoxy groups -OCH3 is 1. The molecule has 124 valence electrons. The summed E-state index contributed by atoms with van der Waals surface area (Å²) in [6, 6.07) is 14.6. The van der Waals surface area contributed by atoms with Crippen molar-refractivity contribution in [2.75, 3.05) is 12.4 Å². The van der Waals surface area contributed by atoms with Crippen molar-refractivity contribution >= 4 is 29.2 Å². The van der Waals surface area contributed by atoms with Crippen molar-refractivity contribution < 1.29 is 14.8 Å². The quantitative estimate of drug-likeness (QED) is 0.611. The van der Waals surface area contributed by atoms with Gasteiger partial charge in [0.2, 0.25) is 0 Å². The smallest absolute Gasteiger partial charge is 0.488 e. The van der Waals surface area contributed by atoms with Gasteiger partial charge in [-0.2, -0.15) is 5.26 Å². The summed E-state index contributed by atoms with van der Waals surface area (Å²) < 4.78 is 5.33. The Morgan fingerprint density at radius 3 is 2.60 bits per heavy atom. The lowest BCUT2D eigenvalue weighted by Crippen LogP contribution is -2.29. The Morgan fingerprint density at radius 1 is 1.20 bits per heavy atom. The highest BCUT2D eigenvalue weighted by molar-refractivity contribution is 6.58. The number of nitrogens with zero attached hydrogens (tertiary/aromatic N) is 2. The highest BCUT2D eigenvalue weighted by Crippen LogP contribution is 2.31. The van der Waals surface area contributed by atoms with E-state index >= 15 is 0 Å². The van der Waals surface area contributed by atoms with E-state index in [0.717, 1.165) is 10.9 Å². The third-order valence-electron chi connectivity index (χ3n) is 3.95. The van der Waals surface area contributed by atoms with Crippen LogP contribution in [0, 0.1) is 11.3 Å². The minimum absolute atomic E-state index is 0.431. The van der Waals surface area contributed by atoms with Gasteiger partial charge in [-0.15, -0.1) is 0 Å². The zero-order valence-corrected chi connectivity index (χ0v) is 13.6. The van der Waals surface area contributed by atoms with Crippen LogP contribution in [0.1, 0.15) is 11.1 Å². The van der Waals surface area contributed by atoms with Crippen LogP contribution in [0.3, 0.4) is 0 Å². The first-order chi connectivity index (χ1) is 12.1. The van der Waals surface area contributed by atoms with E-state index in [9.17, 15) is 5.26 Å². The Labute approximate surface area is 145 Å². The maximum atomic E-state index is 9.38. The molecule has 0 aliphatic carbocycles. The lowest BCUT2D eigenvalue weighted by Gasteiger charge is -2.13. The number of hydrogen-bond acceptors (Lipinski definition) is 6. The number of benzene rings is 2. The number of rotatable bonds is 5. The first-order valence-electron chi connectivity index (χ1n) is 7.68.